The Bertz CT molecular complexity index is 1340. The van der Waals surface area contributed by atoms with Crippen molar-refractivity contribution >= 4 is 41.2 Å². The smallest absolute Gasteiger partial charge is 0.255 e. The molecule has 220 valence electrons. The van der Waals surface area contributed by atoms with Crippen LogP contribution in [-0.2, 0) is 11.4 Å². The lowest BCUT2D eigenvalue weighted by atomic mass is 10.0. The van der Waals surface area contributed by atoms with E-state index in [0.717, 1.165) is 11.3 Å². The Morgan fingerprint density at radius 2 is 1.80 bits per heavy atom. The number of thioether (sulfide) groups is 1. The fraction of sp³-hybridized carbons (Fsp3) is 0.333. The summed E-state index contributed by atoms with van der Waals surface area (Å²) in [4.78, 5) is 18.9. The van der Waals surface area contributed by atoms with Crippen LogP contribution in [0, 0.1) is 23.4 Å². The predicted molar refractivity (Wildman–Crippen MR) is 156 cm³/mol. The molecule has 0 bridgehead atoms. The van der Waals surface area contributed by atoms with Crippen molar-refractivity contribution in [3.8, 4) is 5.75 Å². The van der Waals surface area contributed by atoms with Gasteiger partial charge in [0.15, 0.2) is 17.5 Å². The number of anilines is 1. The molecule has 0 aliphatic carbocycles. The minimum absolute atomic E-state index is 0.0105. The number of ether oxygens (including phenoxy) is 1. The van der Waals surface area contributed by atoms with Crippen LogP contribution in [0.25, 0.3) is 0 Å². The number of benzene rings is 3. The lowest BCUT2D eigenvalue weighted by Crippen LogP contribution is -2.14. The molecule has 0 saturated carbocycles. The van der Waals surface area contributed by atoms with Crippen LogP contribution < -0.4 is 10.1 Å². The van der Waals surface area contributed by atoms with Gasteiger partial charge in [-0.05, 0) is 56.4 Å². The first-order valence-electron chi connectivity index (χ1n) is 12.9. The van der Waals surface area contributed by atoms with Gasteiger partial charge in [0.05, 0.1) is 18.2 Å². The predicted octanol–water partition coefficient (Wildman–Crippen LogP) is 7.87. The number of nitrogens with one attached hydrogen (secondary N) is 1. The van der Waals surface area contributed by atoms with Crippen molar-refractivity contribution in [1.29, 1.82) is 0 Å². The molecule has 41 heavy (non-hydrogen) atoms. The molecular formula is C30H32ClF3N2O4S. The average Bonchev–Trinajstić information content (AvgIpc) is 2.93. The van der Waals surface area contributed by atoms with E-state index < -0.39 is 29.5 Å². The Labute approximate surface area is 246 Å². The lowest BCUT2D eigenvalue weighted by Gasteiger charge is -2.20. The highest BCUT2D eigenvalue weighted by atomic mass is 35.5. The molecular weight excluding hydrogens is 577 g/mol. The maximum absolute atomic E-state index is 13.6. The van der Waals surface area contributed by atoms with E-state index in [0.29, 0.717) is 41.3 Å². The quantitative estimate of drug-likeness (QED) is 0.0842. The Kier molecular flexibility index (Phi) is 12.4. The third-order valence-corrected chi connectivity index (χ3v) is 7.87. The maximum atomic E-state index is 13.6. The summed E-state index contributed by atoms with van der Waals surface area (Å²) in [5, 5.41) is 16.8. The van der Waals surface area contributed by atoms with Gasteiger partial charge in [-0.2, -0.15) is 0 Å². The molecule has 2 N–H and O–H groups in total. The molecule has 3 rings (SSSR count). The van der Waals surface area contributed by atoms with Crippen LogP contribution in [0.4, 0.5) is 18.9 Å². The minimum Gasteiger partial charge on any atom is -0.496 e. The normalized spacial score (nSPS) is 13.6. The fourth-order valence-corrected chi connectivity index (χ4v) is 5.59. The molecule has 0 heterocycles. The monoisotopic (exact) mass is 608 g/mol. The van der Waals surface area contributed by atoms with E-state index in [1.807, 2.05) is 31.2 Å². The molecule has 3 unspecified atom stereocenters. The molecule has 0 spiro atoms. The van der Waals surface area contributed by atoms with Crippen LogP contribution in [0.3, 0.4) is 0 Å². The number of hydrogen-bond acceptors (Lipinski definition) is 6. The van der Waals surface area contributed by atoms with Gasteiger partial charge in [-0.1, -0.05) is 41.9 Å². The number of aliphatic hydroxyl groups is 1. The zero-order valence-electron chi connectivity index (χ0n) is 22.9. The highest BCUT2D eigenvalue weighted by Crippen LogP contribution is 2.36. The SMILES string of the molecule is COc1ccccc1CO/N=C/C(C)CC(CCC(C)O)Sc1cc(C(=O)Nc2cc(F)c(F)c(F)c2)ccc1Cl. The van der Waals surface area contributed by atoms with Crippen LogP contribution in [0.2, 0.25) is 5.02 Å². The van der Waals surface area contributed by atoms with Crippen molar-refractivity contribution in [1.82, 2.24) is 0 Å². The van der Waals surface area contributed by atoms with E-state index in [1.165, 1.54) is 17.8 Å². The second-order valence-corrected chi connectivity index (χ2v) is 11.3. The summed E-state index contributed by atoms with van der Waals surface area (Å²) in [6.07, 6.45) is 3.14. The highest BCUT2D eigenvalue weighted by molar-refractivity contribution is 8.00. The molecule has 6 nitrogen and oxygen atoms in total. The number of carbonyl (C=O) groups is 1. The van der Waals surface area contributed by atoms with E-state index in [-0.39, 0.29) is 29.0 Å². The van der Waals surface area contributed by atoms with Crippen LogP contribution in [-0.4, -0.2) is 35.7 Å². The molecule has 3 aromatic rings. The van der Waals surface area contributed by atoms with E-state index in [2.05, 4.69) is 10.5 Å². The zero-order chi connectivity index (χ0) is 29.9. The first-order chi connectivity index (χ1) is 19.6. The van der Waals surface area contributed by atoms with Crippen molar-refractivity contribution < 1.29 is 32.6 Å². The van der Waals surface area contributed by atoms with Gasteiger partial charge in [-0.25, -0.2) is 13.2 Å². The van der Waals surface area contributed by atoms with Gasteiger partial charge in [-0.3, -0.25) is 4.79 Å². The number of hydrogen-bond donors (Lipinski definition) is 2. The van der Waals surface area contributed by atoms with Crippen molar-refractivity contribution in [2.45, 2.75) is 56.0 Å². The topological polar surface area (TPSA) is 80.2 Å². The second kappa shape index (κ2) is 15.7. The number of amides is 1. The standard InChI is InChI=1S/C30H32ClF3N2O4S/c1-18(16-35-40-17-21-6-4-5-7-27(21)39-3)12-23(10-8-19(2)37)41-28-13-20(9-11-24(28)31)30(38)36-22-14-25(32)29(34)26(33)15-22/h4-7,9,11,13-16,18-19,23,37H,8,10,12,17H2,1-3H3,(H,36,38)/b35-16+. The van der Waals surface area contributed by atoms with Gasteiger partial charge in [-0.15, -0.1) is 11.8 Å². The van der Waals surface area contributed by atoms with Crippen molar-refractivity contribution in [2.24, 2.45) is 11.1 Å². The molecule has 1 amide bonds. The third kappa shape index (κ3) is 9.98. The van der Waals surface area contributed by atoms with Gasteiger partial charge >= 0.3 is 0 Å². The summed E-state index contributed by atoms with van der Waals surface area (Å²) in [6, 6.07) is 13.6. The summed E-state index contributed by atoms with van der Waals surface area (Å²) in [6.45, 7) is 3.98. The number of aliphatic hydroxyl groups excluding tert-OH is 1. The zero-order valence-corrected chi connectivity index (χ0v) is 24.4. The summed E-state index contributed by atoms with van der Waals surface area (Å²) in [7, 11) is 1.59. The summed E-state index contributed by atoms with van der Waals surface area (Å²) >= 11 is 7.91. The van der Waals surface area contributed by atoms with Crippen molar-refractivity contribution in [3.05, 3.63) is 88.2 Å². The first kappa shape index (κ1) is 32.3. The summed E-state index contributed by atoms with van der Waals surface area (Å²) in [5.74, 6) is -4.32. The molecule has 0 fully saturated rings. The number of halogens is 4. The van der Waals surface area contributed by atoms with Crippen LogP contribution in [0.15, 0.2) is 64.6 Å². The third-order valence-electron chi connectivity index (χ3n) is 6.07. The molecule has 0 radical (unpaired) electrons. The lowest BCUT2D eigenvalue weighted by molar-refractivity contribution is 0.102. The number of methoxy groups -OCH3 is 1. The van der Waals surface area contributed by atoms with Crippen molar-refractivity contribution in [2.75, 3.05) is 12.4 Å². The Morgan fingerprint density at radius 1 is 1.10 bits per heavy atom. The summed E-state index contributed by atoms with van der Waals surface area (Å²) in [5.41, 5.74) is 0.862. The Hall–Kier alpha value is -3.21. The van der Waals surface area contributed by atoms with Gasteiger partial charge < -0.3 is 20.0 Å². The number of nitrogens with zero attached hydrogens (tertiary/aromatic N) is 1. The first-order valence-corrected chi connectivity index (χ1v) is 14.2. The van der Waals surface area contributed by atoms with Gasteiger partial charge in [0.1, 0.15) is 12.4 Å². The van der Waals surface area contributed by atoms with Gasteiger partial charge in [0.2, 0.25) is 0 Å². The number of para-hydroxylation sites is 1. The molecule has 0 aliphatic heterocycles. The van der Waals surface area contributed by atoms with Crippen LogP contribution in [0.5, 0.6) is 5.75 Å². The number of oxime groups is 1. The molecule has 11 heteroatoms. The van der Waals surface area contributed by atoms with E-state index >= 15 is 0 Å². The van der Waals surface area contributed by atoms with Crippen LogP contribution in [0.1, 0.15) is 49.0 Å². The average molecular weight is 609 g/mol. The summed E-state index contributed by atoms with van der Waals surface area (Å²) < 4.78 is 45.7. The Balaban J connectivity index is 1.67. The van der Waals surface area contributed by atoms with E-state index in [4.69, 9.17) is 21.2 Å². The molecule has 3 aromatic carbocycles. The fourth-order valence-electron chi connectivity index (χ4n) is 3.95. The van der Waals surface area contributed by atoms with Gasteiger partial charge in [0.25, 0.3) is 5.91 Å². The van der Waals surface area contributed by atoms with E-state index in [1.54, 1.807) is 32.4 Å². The van der Waals surface area contributed by atoms with Crippen LogP contribution >= 0.6 is 23.4 Å². The molecule has 0 aromatic heterocycles. The minimum atomic E-state index is -1.61. The molecule has 3 atom stereocenters. The van der Waals surface area contributed by atoms with Crippen molar-refractivity contribution in [3.63, 3.8) is 0 Å². The second-order valence-electron chi connectivity index (χ2n) is 9.57. The highest BCUT2D eigenvalue weighted by Gasteiger charge is 2.19. The Morgan fingerprint density at radius 3 is 2.49 bits per heavy atom. The number of rotatable bonds is 14. The molecule has 0 saturated heterocycles. The largest absolute Gasteiger partial charge is 0.496 e. The van der Waals surface area contributed by atoms with E-state index in [9.17, 15) is 23.1 Å². The van der Waals surface area contributed by atoms with Gasteiger partial charge in [0, 0.05) is 45.3 Å². The number of carbonyl (C=O) groups excluding carboxylic acids is 1. The molecule has 0 aliphatic rings. The maximum Gasteiger partial charge on any atom is 0.255 e.